The maximum absolute atomic E-state index is 13.6. The predicted octanol–water partition coefficient (Wildman–Crippen LogP) is 4.78. The zero-order valence-electron chi connectivity index (χ0n) is 23.0. The minimum atomic E-state index is -4.60. The van der Waals surface area contributed by atoms with E-state index in [1.54, 1.807) is 25.1 Å². The number of nitrogens with zero attached hydrogens (tertiary/aromatic N) is 5. The van der Waals surface area contributed by atoms with E-state index >= 15 is 0 Å². The first kappa shape index (κ1) is 28.2. The van der Waals surface area contributed by atoms with Crippen molar-refractivity contribution < 1.29 is 27.2 Å². The first-order chi connectivity index (χ1) is 19.5. The Labute approximate surface area is 234 Å². The van der Waals surface area contributed by atoms with Gasteiger partial charge in [-0.15, -0.1) is 5.10 Å². The van der Waals surface area contributed by atoms with Crippen molar-refractivity contribution in [2.24, 2.45) is 0 Å². The average molecular weight is 568 g/mol. The van der Waals surface area contributed by atoms with Crippen LogP contribution < -0.4 is 10.6 Å². The molecule has 12 heteroatoms. The number of fused-ring (bicyclic) bond motifs is 1. The fourth-order valence-corrected chi connectivity index (χ4v) is 6.00. The number of H-pyrrole nitrogens is 1. The molecule has 1 N–H and O–H groups in total. The van der Waals surface area contributed by atoms with Crippen LogP contribution in [0, 0.1) is 11.3 Å². The van der Waals surface area contributed by atoms with E-state index in [2.05, 4.69) is 23.3 Å². The van der Waals surface area contributed by atoms with Gasteiger partial charge in [-0.2, -0.15) is 18.4 Å². The summed E-state index contributed by atoms with van der Waals surface area (Å²) in [5.74, 6) is -0.713. The molecule has 0 bridgehead atoms. The monoisotopic (exact) mass is 567 g/mol. The van der Waals surface area contributed by atoms with Crippen LogP contribution in [0.15, 0.2) is 58.5 Å². The Morgan fingerprint density at radius 2 is 1.93 bits per heavy atom. The highest BCUT2D eigenvalue weighted by atomic mass is 19.4. The van der Waals surface area contributed by atoms with Gasteiger partial charge in [0.2, 0.25) is 5.95 Å². The maximum atomic E-state index is 13.6. The number of alkyl halides is 3. The molecule has 41 heavy (non-hydrogen) atoms. The highest BCUT2D eigenvalue weighted by molar-refractivity contribution is 5.93. The highest BCUT2D eigenvalue weighted by Crippen LogP contribution is 2.44. The summed E-state index contributed by atoms with van der Waals surface area (Å²) in [6, 6.07) is 10.9. The summed E-state index contributed by atoms with van der Waals surface area (Å²) in [6.45, 7) is 4.04. The Balaban J connectivity index is 1.74. The number of benzene rings is 2. The van der Waals surface area contributed by atoms with E-state index in [0.717, 1.165) is 54.5 Å². The van der Waals surface area contributed by atoms with Crippen molar-refractivity contribution in [3.63, 3.8) is 0 Å². The van der Waals surface area contributed by atoms with Crippen LogP contribution in [-0.4, -0.2) is 52.5 Å². The predicted molar refractivity (Wildman–Crippen MR) is 144 cm³/mol. The number of nitriles is 1. The number of hydrogen-bond donors (Lipinski definition) is 1. The Kier molecular flexibility index (Phi) is 7.25. The summed E-state index contributed by atoms with van der Waals surface area (Å²) < 4.78 is 47.9. The number of likely N-dealkylation sites (tertiary alicyclic amines) is 1. The molecular formula is C29H30F3N6O3+. The lowest BCUT2D eigenvalue weighted by Crippen LogP contribution is -2.47. The van der Waals surface area contributed by atoms with E-state index in [4.69, 9.17) is 4.74 Å². The van der Waals surface area contributed by atoms with E-state index in [0.29, 0.717) is 17.7 Å². The number of anilines is 2. The molecule has 0 saturated carbocycles. The highest BCUT2D eigenvalue weighted by Gasteiger charge is 2.41. The summed E-state index contributed by atoms with van der Waals surface area (Å²) in [7, 11) is 3.36. The van der Waals surface area contributed by atoms with Crippen molar-refractivity contribution in [2.75, 3.05) is 32.1 Å². The topological polar surface area (TPSA) is 104 Å². The summed E-state index contributed by atoms with van der Waals surface area (Å²) >= 11 is 0. The van der Waals surface area contributed by atoms with E-state index in [-0.39, 0.29) is 22.9 Å². The number of quaternary nitrogens is 1. The van der Waals surface area contributed by atoms with Gasteiger partial charge in [-0.05, 0) is 62.1 Å². The molecule has 0 radical (unpaired) electrons. The van der Waals surface area contributed by atoms with Crippen molar-refractivity contribution in [1.82, 2.24) is 14.8 Å². The van der Waals surface area contributed by atoms with Gasteiger partial charge < -0.3 is 9.22 Å². The van der Waals surface area contributed by atoms with Crippen molar-refractivity contribution in [3.8, 4) is 6.07 Å². The number of aromatic nitrogens is 3. The summed E-state index contributed by atoms with van der Waals surface area (Å²) in [5, 5.41) is 16.3. The van der Waals surface area contributed by atoms with Crippen LogP contribution in [0.3, 0.4) is 0 Å². The molecule has 1 fully saturated rings. The first-order valence-electron chi connectivity index (χ1n) is 13.3. The zero-order valence-corrected chi connectivity index (χ0v) is 23.0. The average Bonchev–Trinajstić information content (AvgIpc) is 3.32. The van der Waals surface area contributed by atoms with Crippen molar-refractivity contribution in [3.05, 3.63) is 86.5 Å². The summed E-state index contributed by atoms with van der Waals surface area (Å²) in [4.78, 5) is 28.1. The Morgan fingerprint density at radius 1 is 1.20 bits per heavy atom. The molecule has 3 aromatic rings. The number of nitrogens with one attached hydrogen (secondary N) is 1. The Bertz CT molecular complexity index is 1630. The molecule has 0 spiro atoms. The maximum Gasteiger partial charge on any atom is 0.416 e. The van der Waals surface area contributed by atoms with Gasteiger partial charge in [-0.3, -0.25) is 4.90 Å². The third-order valence-corrected chi connectivity index (χ3v) is 7.99. The molecule has 3 heterocycles. The molecule has 1 saturated heterocycles. The van der Waals surface area contributed by atoms with Crippen LogP contribution in [0.2, 0.25) is 0 Å². The lowest BCUT2D eigenvalue weighted by molar-refractivity contribution is -0.926. The molecule has 0 amide bonds. The van der Waals surface area contributed by atoms with Crippen LogP contribution in [0.1, 0.15) is 54.5 Å². The molecule has 0 aliphatic carbocycles. The number of aromatic amines is 1. The van der Waals surface area contributed by atoms with Crippen LogP contribution >= 0.6 is 0 Å². The quantitative estimate of drug-likeness (QED) is 0.352. The number of carbonyl (C=O) groups is 1. The number of carbonyl (C=O) groups excluding carboxylic acids is 1. The van der Waals surface area contributed by atoms with Crippen LogP contribution in [-0.2, 0) is 22.3 Å². The molecule has 2 aromatic carbocycles. The minimum Gasteiger partial charge on any atom is -0.466 e. The van der Waals surface area contributed by atoms with Crippen molar-refractivity contribution >= 4 is 17.6 Å². The molecule has 9 nitrogen and oxygen atoms in total. The second kappa shape index (κ2) is 10.6. The molecule has 2 aliphatic heterocycles. The number of allylic oxidation sites excluding steroid dienone is 1. The largest absolute Gasteiger partial charge is 0.466 e. The van der Waals surface area contributed by atoms with Gasteiger partial charge in [0, 0.05) is 16.9 Å². The van der Waals surface area contributed by atoms with Crippen molar-refractivity contribution in [2.45, 2.75) is 44.9 Å². The third-order valence-electron chi connectivity index (χ3n) is 7.99. The van der Waals surface area contributed by atoms with Gasteiger partial charge in [0.15, 0.2) is 0 Å². The Morgan fingerprint density at radius 3 is 2.59 bits per heavy atom. The van der Waals surface area contributed by atoms with Gasteiger partial charge in [-0.1, -0.05) is 12.1 Å². The van der Waals surface area contributed by atoms with Crippen molar-refractivity contribution in [1.29, 1.82) is 5.26 Å². The molecule has 214 valence electrons. The van der Waals surface area contributed by atoms with Gasteiger partial charge in [0.1, 0.15) is 12.6 Å². The van der Waals surface area contributed by atoms with Crippen LogP contribution in [0.25, 0.3) is 0 Å². The van der Waals surface area contributed by atoms with Gasteiger partial charge in [0.05, 0.1) is 50.0 Å². The number of esters is 1. The normalized spacial score (nSPS) is 18.6. The number of methoxy groups -OCH3 is 1. The third kappa shape index (κ3) is 5.13. The number of halogens is 3. The zero-order chi connectivity index (χ0) is 29.5. The molecule has 1 atom stereocenters. The smallest absolute Gasteiger partial charge is 0.416 e. The molecule has 1 unspecified atom stereocenters. The van der Waals surface area contributed by atoms with Crippen LogP contribution in [0.4, 0.5) is 24.8 Å². The van der Waals surface area contributed by atoms with Gasteiger partial charge >= 0.3 is 17.8 Å². The second-order valence-electron chi connectivity index (χ2n) is 10.8. The molecule has 1 aromatic heterocycles. The standard InChI is InChI=1S/C29H29F3N6O3/c1-18-24(26(39)41-3)25(23-11-10-19(16-33)14-20(23)17-38(2)12-5-4-6-13-38)37-27(34-35-28(37)40)36(18)22-9-7-8-21(15-22)29(30,31)32/h7-11,14-15,25H,4-6,12-13,17H2,1-3H3/p+1. The number of rotatable bonds is 5. The van der Waals surface area contributed by atoms with Gasteiger partial charge in [0.25, 0.3) is 0 Å². The van der Waals surface area contributed by atoms with E-state index in [1.165, 1.54) is 28.7 Å². The summed E-state index contributed by atoms with van der Waals surface area (Å²) in [6.07, 6.45) is -1.32. The lowest BCUT2D eigenvalue weighted by Gasteiger charge is -2.40. The number of ether oxygens (including phenoxy) is 1. The number of hydrogen-bond acceptors (Lipinski definition) is 6. The van der Waals surface area contributed by atoms with Crippen LogP contribution in [0.5, 0.6) is 0 Å². The fraction of sp³-hybridized carbons (Fsp3) is 0.379. The van der Waals surface area contributed by atoms with E-state index < -0.39 is 29.4 Å². The van der Waals surface area contributed by atoms with Gasteiger partial charge in [-0.25, -0.2) is 19.3 Å². The second-order valence-corrected chi connectivity index (χ2v) is 10.8. The number of piperidine rings is 1. The fourth-order valence-electron chi connectivity index (χ4n) is 6.00. The van der Waals surface area contributed by atoms with E-state index in [9.17, 15) is 28.0 Å². The molecular weight excluding hydrogens is 537 g/mol. The van der Waals surface area contributed by atoms with E-state index in [1.807, 2.05) is 0 Å². The first-order valence-corrected chi connectivity index (χ1v) is 13.3. The Hall–Kier alpha value is -4.37. The SMILES string of the molecule is COC(=O)C1=C(C)N(c2cccc(C(F)(F)F)c2)c2n[nH]c(=O)n2C1c1ccc(C#N)cc1C[N+]1(C)CCCCC1. The summed E-state index contributed by atoms with van der Waals surface area (Å²) in [5.41, 5.74) is 0.722. The minimum absolute atomic E-state index is 0.0261. The molecule has 2 aliphatic rings. The molecule has 5 rings (SSSR count). The lowest BCUT2D eigenvalue weighted by atomic mass is 9.89.